The summed E-state index contributed by atoms with van der Waals surface area (Å²) < 4.78 is 0. The van der Waals surface area contributed by atoms with Gasteiger partial charge in [0.05, 0.1) is 0 Å². The number of likely N-dealkylation sites (N-methyl/N-ethyl adjacent to an activating group) is 2. The van der Waals surface area contributed by atoms with Crippen molar-refractivity contribution in [2.75, 3.05) is 14.1 Å². The fourth-order valence-electron chi connectivity index (χ4n) is 1.50. The number of hydrogen-bond donors (Lipinski definition) is 0. The molecule has 17 heavy (non-hydrogen) atoms. The Morgan fingerprint density at radius 1 is 1.12 bits per heavy atom. The van der Waals surface area contributed by atoms with Crippen LogP contribution in [-0.4, -0.2) is 41.7 Å². The third kappa shape index (κ3) is 1.87. The van der Waals surface area contributed by atoms with E-state index in [9.17, 15) is 14.4 Å². The van der Waals surface area contributed by atoms with Crippen molar-refractivity contribution in [3.05, 3.63) is 28.0 Å². The highest BCUT2D eigenvalue weighted by atomic mass is 32.1. The van der Waals surface area contributed by atoms with Crippen molar-refractivity contribution in [2.45, 2.75) is 0 Å². The van der Waals surface area contributed by atoms with Crippen LogP contribution in [0.3, 0.4) is 0 Å². The van der Waals surface area contributed by atoms with Gasteiger partial charge in [-0.2, -0.15) is 11.3 Å². The van der Waals surface area contributed by atoms with Crippen LogP contribution in [0, 0.1) is 0 Å². The molecule has 0 radical (unpaired) electrons. The van der Waals surface area contributed by atoms with Crippen LogP contribution in [0.4, 0.5) is 4.79 Å². The lowest BCUT2D eigenvalue weighted by atomic mass is 10.1. The lowest BCUT2D eigenvalue weighted by Gasteiger charge is -2.28. The maximum atomic E-state index is 11.8. The van der Waals surface area contributed by atoms with Gasteiger partial charge in [0, 0.05) is 14.1 Å². The number of carbonyl (C=O) groups excluding carboxylic acids is 3. The van der Waals surface area contributed by atoms with Crippen molar-refractivity contribution in [3.63, 3.8) is 0 Å². The summed E-state index contributed by atoms with van der Waals surface area (Å²) in [5.41, 5.74) is 0.788. The van der Waals surface area contributed by atoms with E-state index in [0.717, 1.165) is 15.4 Å². The molecule has 4 amide bonds. The highest BCUT2D eigenvalue weighted by molar-refractivity contribution is 7.08. The van der Waals surface area contributed by atoms with Gasteiger partial charge in [-0.3, -0.25) is 19.4 Å². The quantitative estimate of drug-likeness (QED) is 0.555. The third-order valence-corrected chi connectivity index (χ3v) is 3.20. The van der Waals surface area contributed by atoms with Gasteiger partial charge in [-0.1, -0.05) is 0 Å². The van der Waals surface area contributed by atoms with E-state index in [-0.39, 0.29) is 5.57 Å². The average molecular weight is 250 g/mol. The fraction of sp³-hybridized carbons (Fsp3) is 0.182. The summed E-state index contributed by atoms with van der Waals surface area (Å²) in [4.78, 5) is 37.0. The maximum absolute atomic E-state index is 11.8. The molecule has 2 heterocycles. The molecule has 1 fully saturated rings. The Morgan fingerprint density at radius 3 is 2.18 bits per heavy atom. The molecule has 0 aliphatic carbocycles. The summed E-state index contributed by atoms with van der Waals surface area (Å²) in [6, 6.07) is 1.19. The monoisotopic (exact) mass is 250 g/mol. The van der Waals surface area contributed by atoms with Gasteiger partial charge in [-0.25, -0.2) is 4.79 Å². The predicted molar refractivity (Wildman–Crippen MR) is 63.2 cm³/mol. The minimum absolute atomic E-state index is 0.00741. The summed E-state index contributed by atoms with van der Waals surface area (Å²) in [6.07, 6.45) is 1.50. The van der Waals surface area contributed by atoms with Crippen LogP contribution in [0.2, 0.25) is 0 Å². The second-order valence-corrected chi connectivity index (χ2v) is 4.41. The molecular weight excluding hydrogens is 240 g/mol. The second-order valence-electron chi connectivity index (χ2n) is 3.63. The molecular formula is C11H10N2O3S. The fourth-order valence-corrected chi connectivity index (χ4v) is 2.12. The lowest BCUT2D eigenvalue weighted by Crippen LogP contribution is -2.52. The number of carbonyl (C=O) groups is 3. The number of hydrogen-bond acceptors (Lipinski definition) is 4. The van der Waals surface area contributed by atoms with Crippen molar-refractivity contribution < 1.29 is 14.4 Å². The number of barbiturate groups is 1. The number of nitrogens with zero attached hydrogens (tertiary/aromatic N) is 2. The van der Waals surface area contributed by atoms with Crippen LogP contribution >= 0.6 is 11.3 Å². The molecule has 0 atom stereocenters. The smallest absolute Gasteiger partial charge is 0.268 e. The van der Waals surface area contributed by atoms with Gasteiger partial charge < -0.3 is 0 Å². The Morgan fingerprint density at radius 2 is 1.71 bits per heavy atom. The third-order valence-electron chi connectivity index (χ3n) is 2.50. The Bertz CT molecular complexity index is 493. The molecule has 0 N–H and O–H groups in total. The lowest BCUT2D eigenvalue weighted by molar-refractivity contribution is -0.134. The van der Waals surface area contributed by atoms with Crippen molar-refractivity contribution in [3.8, 4) is 0 Å². The summed E-state index contributed by atoms with van der Waals surface area (Å²) in [5.74, 6) is -1.13. The van der Waals surface area contributed by atoms with Crippen LogP contribution in [0.25, 0.3) is 6.08 Å². The molecule has 0 saturated carbocycles. The Labute approximate surface area is 102 Å². The van der Waals surface area contributed by atoms with E-state index in [1.807, 2.05) is 10.8 Å². The SMILES string of the molecule is CN1C(=O)C(=Cc2ccsc2)C(=O)N(C)C1=O. The molecule has 0 spiro atoms. The molecule has 1 aliphatic heterocycles. The van der Waals surface area contributed by atoms with Gasteiger partial charge >= 0.3 is 6.03 Å². The minimum Gasteiger partial charge on any atom is -0.268 e. The van der Waals surface area contributed by atoms with Gasteiger partial charge in [-0.15, -0.1) is 0 Å². The van der Waals surface area contributed by atoms with Gasteiger partial charge in [0.1, 0.15) is 5.57 Å². The molecule has 1 aromatic heterocycles. The van der Waals surface area contributed by atoms with Crippen molar-refractivity contribution >= 4 is 35.3 Å². The molecule has 6 heteroatoms. The molecule has 1 saturated heterocycles. The normalized spacial score (nSPS) is 16.8. The molecule has 2 rings (SSSR count). The van der Waals surface area contributed by atoms with Crippen LogP contribution in [0.1, 0.15) is 5.56 Å². The Hall–Kier alpha value is -1.95. The number of thiophene rings is 1. The molecule has 0 unspecified atom stereocenters. The first kappa shape index (κ1) is 11.5. The molecule has 1 aliphatic rings. The van der Waals surface area contributed by atoms with Gasteiger partial charge in [0.25, 0.3) is 11.8 Å². The number of amides is 4. The van der Waals surface area contributed by atoms with Crippen LogP contribution < -0.4 is 0 Å². The van der Waals surface area contributed by atoms with E-state index < -0.39 is 17.8 Å². The largest absolute Gasteiger partial charge is 0.333 e. The molecule has 1 aromatic rings. The Balaban J connectivity index is 2.43. The van der Waals surface area contributed by atoms with E-state index >= 15 is 0 Å². The highest BCUT2D eigenvalue weighted by Crippen LogP contribution is 2.18. The van der Waals surface area contributed by atoms with Crippen LogP contribution in [-0.2, 0) is 9.59 Å². The number of urea groups is 1. The topological polar surface area (TPSA) is 57.7 Å². The zero-order valence-electron chi connectivity index (χ0n) is 9.34. The molecule has 88 valence electrons. The summed E-state index contributed by atoms with van der Waals surface area (Å²) in [5, 5.41) is 3.67. The number of imide groups is 2. The van der Waals surface area contributed by atoms with E-state index in [4.69, 9.17) is 0 Å². The first-order valence-electron chi connectivity index (χ1n) is 4.86. The maximum Gasteiger partial charge on any atom is 0.333 e. The van der Waals surface area contributed by atoms with Crippen molar-refractivity contribution in [1.29, 1.82) is 0 Å². The predicted octanol–water partition coefficient (Wildman–Crippen LogP) is 1.18. The highest BCUT2D eigenvalue weighted by Gasteiger charge is 2.37. The molecule has 0 aromatic carbocycles. The van der Waals surface area contributed by atoms with Gasteiger partial charge in [-0.05, 0) is 28.5 Å². The summed E-state index contributed by atoms with van der Waals surface area (Å²) in [7, 11) is 2.71. The van der Waals surface area contributed by atoms with E-state index in [1.165, 1.54) is 31.5 Å². The van der Waals surface area contributed by atoms with Crippen molar-refractivity contribution in [2.24, 2.45) is 0 Å². The number of rotatable bonds is 1. The van der Waals surface area contributed by atoms with Gasteiger partial charge in [0.2, 0.25) is 0 Å². The Kier molecular flexibility index (Phi) is 2.81. The zero-order valence-corrected chi connectivity index (χ0v) is 10.2. The van der Waals surface area contributed by atoms with E-state index in [2.05, 4.69) is 0 Å². The van der Waals surface area contributed by atoms with E-state index in [1.54, 1.807) is 6.07 Å². The van der Waals surface area contributed by atoms with Crippen LogP contribution in [0.5, 0.6) is 0 Å². The first-order valence-corrected chi connectivity index (χ1v) is 5.80. The standard InChI is InChI=1S/C11H10N2O3S/c1-12-9(14)8(5-7-3-4-17-6-7)10(15)13(2)11(12)16/h3-6H,1-2H3. The summed E-state index contributed by atoms with van der Waals surface area (Å²) >= 11 is 1.47. The van der Waals surface area contributed by atoms with Gasteiger partial charge in [0.15, 0.2) is 0 Å². The van der Waals surface area contributed by atoms with Crippen LogP contribution in [0.15, 0.2) is 22.4 Å². The second kappa shape index (κ2) is 4.14. The van der Waals surface area contributed by atoms with Crippen molar-refractivity contribution in [1.82, 2.24) is 9.80 Å². The minimum atomic E-state index is -0.609. The first-order chi connectivity index (χ1) is 8.02. The zero-order chi connectivity index (χ0) is 12.6. The van der Waals surface area contributed by atoms with E-state index in [0.29, 0.717) is 0 Å². The molecule has 0 bridgehead atoms. The summed E-state index contributed by atoms with van der Waals surface area (Å²) in [6.45, 7) is 0. The average Bonchev–Trinajstić information content (AvgIpc) is 2.82. The molecule has 5 nitrogen and oxygen atoms in total.